The Kier molecular flexibility index (Phi) is 5.49. The molecule has 140 valence electrons. The first-order valence-electron chi connectivity index (χ1n) is 8.60. The highest BCUT2D eigenvalue weighted by Crippen LogP contribution is 2.37. The third-order valence-electron chi connectivity index (χ3n) is 4.41. The summed E-state index contributed by atoms with van der Waals surface area (Å²) in [5, 5.41) is 5.45. The Bertz CT molecular complexity index is 1150. The monoisotopic (exact) mass is 470 g/mol. The molecule has 0 atom stereocenters. The van der Waals surface area contributed by atoms with E-state index in [2.05, 4.69) is 25.8 Å². The lowest BCUT2D eigenvalue weighted by molar-refractivity contribution is 0.102. The van der Waals surface area contributed by atoms with E-state index in [1.54, 1.807) is 36.0 Å². The van der Waals surface area contributed by atoms with Crippen LogP contribution in [0.2, 0.25) is 5.02 Å². The summed E-state index contributed by atoms with van der Waals surface area (Å²) >= 11 is 11.0. The van der Waals surface area contributed by atoms with Crippen LogP contribution in [0.15, 0.2) is 87.2 Å². The fraction of sp³-hybridized carbons (Fsp3) is 0.0455. The fourth-order valence-corrected chi connectivity index (χ4v) is 4.48. The molecule has 28 heavy (non-hydrogen) atoms. The van der Waals surface area contributed by atoms with E-state index in [0.29, 0.717) is 16.3 Å². The molecule has 1 aromatic heterocycles. The molecule has 0 aliphatic carbocycles. The van der Waals surface area contributed by atoms with Gasteiger partial charge in [0, 0.05) is 38.0 Å². The van der Waals surface area contributed by atoms with E-state index in [0.717, 1.165) is 25.3 Å². The molecule has 0 saturated heterocycles. The number of carbonyl (C=O) groups is 1. The van der Waals surface area contributed by atoms with Gasteiger partial charge < -0.3 is 9.88 Å². The predicted octanol–water partition coefficient (Wildman–Crippen LogP) is 7.00. The minimum absolute atomic E-state index is 0.140. The quantitative estimate of drug-likeness (QED) is 0.348. The third kappa shape index (κ3) is 3.83. The first kappa shape index (κ1) is 19.1. The van der Waals surface area contributed by atoms with E-state index in [9.17, 15) is 4.79 Å². The summed E-state index contributed by atoms with van der Waals surface area (Å²) in [4.78, 5) is 14.3. The lowest BCUT2D eigenvalue weighted by Crippen LogP contribution is -2.12. The largest absolute Gasteiger partial charge is 0.338 e. The zero-order valence-electron chi connectivity index (χ0n) is 14.9. The summed E-state index contributed by atoms with van der Waals surface area (Å²) in [5.41, 5.74) is 2.39. The van der Waals surface area contributed by atoms with Crippen molar-refractivity contribution in [1.82, 2.24) is 4.57 Å². The molecular formula is C22H16BrClN2OS. The van der Waals surface area contributed by atoms with Crippen molar-refractivity contribution in [2.45, 2.75) is 9.92 Å². The molecule has 0 fully saturated rings. The number of rotatable bonds is 4. The zero-order valence-corrected chi connectivity index (χ0v) is 18.1. The normalized spacial score (nSPS) is 11.0. The van der Waals surface area contributed by atoms with Crippen molar-refractivity contribution in [1.29, 1.82) is 0 Å². The maximum absolute atomic E-state index is 13.2. The smallest absolute Gasteiger partial charge is 0.259 e. The number of nitrogens with zero attached hydrogens (tertiary/aromatic N) is 1. The number of nitrogens with one attached hydrogen (secondary N) is 1. The number of hydrogen-bond donors (Lipinski definition) is 1. The van der Waals surface area contributed by atoms with Crippen molar-refractivity contribution < 1.29 is 4.79 Å². The van der Waals surface area contributed by atoms with Crippen molar-refractivity contribution in [3.8, 4) is 0 Å². The van der Waals surface area contributed by atoms with Gasteiger partial charge in [0.1, 0.15) is 0 Å². The van der Waals surface area contributed by atoms with E-state index in [1.165, 1.54) is 0 Å². The fourth-order valence-electron chi connectivity index (χ4n) is 3.05. The van der Waals surface area contributed by atoms with Crippen LogP contribution in [0.3, 0.4) is 0 Å². The highest BCUT2D eigenvalue weighted by molar-refractivity contribution is 9.10. The standard InChI is InChI=1S/C22H16BrClN2OS/c1-26-19-5-3-2-4-18(19)20(21(27)25-16-10-8-15(24)9-11-16)22(26)28-17-12-6-14(23)7-13-17/h2-13H,1H3,(H,25,27). The van der Waals surface area contributed by atoms with Gasteiger partial charge in [-0.3, -0.25) is 4.79 Å². The van der Waals surface area contributed by atoms with Crippen molar-refractivity contribution in [3.63, 3.8) is 0 Å². The molecule has 6 heteroatoms. The molecule has 0 radical (unpaired) electrons. The average Bonchev–Trinajstić information content (AvgIpc) is 2.98. The molecule has 0 unspecified atom stereocenters. The van der Waals surface area contributed by atoms with E-state index < -0.39 is 0 Å². The van der Waals surface area contributed by atoms with Gasteiger partial charge in [0.2, 0.25) is 0 Å². The Balaban J connectivity index is 1.77. The van der Waals surface area contributed by atoms with Crippen LogP contribution in [0.4, 0.5) is 5.69 Å². The van der Waals surface area contributed by atoms with E-state index in [4.69, 9.17) is 11.6 Å². The van der Waals surface area contributed by atoms with Crippen LogP contribution in [0.1, 0.15) is 10.4 Å². The van der Waals surface area contributed by atoms with Gasteiger partial charge in [-0.25, -0.2) is 0 Å². The number of benzene rings is 3. The zero-order chi connectivity index (χ0) is 19.7. The molecule has 4 rings (SSSR count). The van der Waals surface area contributed by atoms with Gasteiger partial charge in [0.25, 0.3) is 5.91 Å². The van der Waals surface area contributed by atoms with Crippen LogP contribution in [-0.4, -0.2) is 10.5 Å². The summed E-state index contributed by atoms with van der Waals surface area (Å²) in [7, 11) is 1.99. The number of aromatic nitrogens is 1. The van der Waals surface area contributed by atoms with Crippen LogP contribution in [-0.2, 0) is 7.05 Å². The number of fused-ring (bicyclic) bond motifs is 1. The second-order valence-electron chi connectivity index (χ2n) is 6.27. The lowest BCUT2D eigenvalue weighted by atomic mass is 10.1. The second-order valence-corrected chi connectivity index (χ2v) is 8.69. The minimum atomic E-state index is -0.140. The number of amides is 1. The van der Waals surface area contributed by atoms with Crippen LogP contribution in [0.25, 0.3) is 10.9 Å². The molecule has 0 spiro atoms. The summed E-state index contributed by atoms with van der Waals surface area (Å²) in [6, 6.07) is 23.1. The highest BCUT2D eigenvalue weighted by atomic mass is 79.9. The number of aryl methyl sites for hydroxylation is 1. The summed E-state index contributed by atoms with van der Waals surface area (Å²) < 4.78 is 3.09. The van der Waals surface area contributed by atoms with Gasteiger partial charge in [0.15, 0.2) is 0 Å². The number of hydrogen-bond acceptors (Lipinski definition) is 2. The maximum atomic E-state index is 13.2. The van der Waals surface area contributed by atoms with Crippen molar-refractivity contribution in [2.24, 2.45) is 7.05 Å². The highest BCUT2D eigenvalue weighted by Gasteiger charge is 2.22. The van der Waals surface area contributed by atoms with Gasteiger partial charge in [-0.05, 0) is 54.6 Å². The average molecular weight is 472 g/mol. The van der Waals surface area contributed by atoms with Gasteiger partial charge in [-0.15, -0.1) is 0 Å². The topological polar surface area (TPSA) is 34.0 Å². The first-order valence-corrected chi connectivity index (χ1v) is 10.6. The Morgan fingerprint density at radius 1 is 1.00 bits per heavy atom. The Labute approximate surface area is 180 Å². The third-order valence-corrected chi connectivity index (χ3v) is 6.37. The second kappa shape index (κ2) is 8.03. The van der Waals surface area contributed by atoms with Crippen LogP contribution < -0.4 is 5.32 Å². The molecule has 0 saturated carbocycles. The Morgan fingerprint density at radius 2 is 1.68 bits per heavy atom. The summed E-state index contributed by atoms with van der Waals surface area (Å²) in [5.74, 6) is -0.140. The molecule has 3 aromatic carbocycles. The number of para-hydroxylation sites is 1. The first-order chi connectivity index (χ1) is 13.5. The number of carbonyl (C=O) groups excluding carboxylic acids is 1. The molecule has 0 bridgehead atoms. The van der Waals surface area contributed by atoms with Gasteiger partial charge >= 0.3 is 0 Å². The Hall–Kier alpha value is -2.21. The van der Waals surface area contributed by atoms with Crippen molar-refractivity contribution >= 4 is 61.8 Å². The number of anilines is 1. The van der Waals surface area contributed by atoms with Crippen molar-refractivity contribution in [3.05, 3.63) is 87.9 Å². The minimum Gasteiger partial charge on any atom is -0.338 e. The van der Waals surface area contributed by atoms with Crippen LogP contribution in [0, 0.1) is 0 Å². The molecule has 3 nitrogen and oxygen atoms in total. The molecule has 1 amide bonds. The molecule has 0 aliphatic heterocycles. The van der Waals surface area contributed by atoms with Crippen LogP contribution >= 0.6 is 39.3 Å². The van der Waals surface area contributed by atoms with E-state index >= 15 is 0 Å². The molecule has 1 heterocycles. The molecule has 0 aliphatic rings. The van der Waals surface area contributed by atoms with E-state index in [-0.39, 0.29) is 5.91 Å². The summed E-state index contributed by atoms with van der Waals surface area (Å²) in [6.07, 6.45) is 0. The number of halogens is 2. The van der Waals surface area contributed by atoms with Crippen molar-refractivity contribution in [2.75, 3.05) is 5.32 Å². The predicted molar refractivity (Wildman–Crippen MR) is 121 cm³/mol. The maximum Gasteiger partial charge on any atom is 0.259 e. The molecular weight excluding hydrogens is 456 g/mol. The van der Waals surface area contributed by atoms with E-state index in [1.807, 2.05) is 55.6 Å². The van der Waals surface area contributed by atoms with Gasteiger partial charge in [0.05, 0.1) is 10.6 Å². The SMILES string of the molecule is Cn1c(Sc2ccc(Br)cc2)c(C(=O)Nc2ccc(Cl)cc2)c2ccccc21. The van der Waals surface area contributed by atoms with Crippen LogP contribution in [0.5, 0.6) is 0 Å². The molecule has 4 aromatic rings. The van der Waals surface area contributed by atoms with Gasteiger partial charge in [-0.2, -0.15) is 0 Å². The molecule has 1 N–H and O–H groups in total. The van der Waals surface area contributed by atoms with Gasteiger partial charge in [-0.1, -0.05) is 57.5 Å². The summed E-state index contributed by atoms with van der Waals surface area (Å²) in [6.45, 7) is 0. The lowest BCUT2D eigenvalue weighted by Gasteiger charge is -2.09. The Morgan fingerprint density at radius 3 is 2.39 bits per heavy atom.